The van der Waals surface area contributed by atoms with E-state index in [4.69, 9.17) is 4.74 Å². The summed E-state index contributed by atoms with van der Waals surface area (Å²) in [5.41, 5.74) is 2.98. The summed E-state index contributed by atoms with van der Waals surface area (Å²) in [6.07, 6.45) is 1.22. The summed E-state index contributed by atoms with van der Waals surface area (Å²) in [5, 5.41) is 27.7. The number of nitrogens with one attached hydrogen (secondary N) is 1. The van der Waals surface area contributed by atoms with E-state index in [-0.39, 0.29) is 19.7 Å². The summed E-state index contributed by atoms with van der Waals surface area (Å²) in [5.74, 6) is 4.53. The number of aliphatic hydroxyl groups excluding tert-OH is 2. The van der Waals surface area contributed by atoms with Gasteiger partial charge in [-0.15, -0.1) is 5.92 Å². The third kappa shape index (κ3) is 5.38. The highest BCUT2D eigenvalue weighted by atomic mass is 16.5. The lowest BCUT2D eigenvalue weighted by Crippen LogP contribution is -2.50. The van der Waals surface area contributed by atoms with Crippen LogP contribution >= 0.6 is 0 Å². The van der Waals surface area contributed by atoms with Gasteiger partial charge in [-0.1, -0.05) is 18.1 Å². The zero-order valence-electron chi connectivity index (χ0n) is 20.0. The van der Waals surface area contributed by atoms with E-state index in [9.17, 15) is 19.8 Å². The Morgan fingerprint density at radius 1 is 1.17 bits per heavy atom. The van der Waals surface area contributed by atoms with Crippen molar-refractivity contribution >= 4 is 11.8 Å². The number of hydrogen-bond acceptors (Lipinski definition) is 7. The molecule has 2 amide bonds. The third-order valence-corrected chi connectivity index (χ3v) is 5.89. The lowest BCUT2D eigenvalue weighted by Gasteiger charge is -2.24. The summed E-state index contributed by atoms with van der Waals surface area (Å²) in [4.78, 5) is 31.0. The maximum absolute atomic E-state index is 12.7. The lowest BCUT2D eigenvalue weighted by molar-refractivity contribution is -0.153. The van der Waals surface area contributed by atoms with Gasteiger partial charge >= 0.3 is 0 Å². The quantitative estimate of drug-likeness (QED) is 0.404. The molecule has 3 N–H and O–H groups in total. The van der Waals surface area contributed by atoms with Crippen LogP contribution in [0.1, 0.15) is 36.7 Å². The molecule has 0 saturated heterocycles. The lowest BCUT2D eigenvalue weighted by atomic mass is 10.1. The van der Waals surface area contributed by atoms with E-state index in [2.05, 4.69) is 27.2 Å². The fourth-order valence-corrected chi connectivity index (χ4v) is 3.91. The molecule has 0 bridgehead atoms. The zero-order valence-corrected chi connectivity index (χ0v) is 20.0. The molecule has 10 heteroatoms. The number of amides is 2. The molecule has 36 heavy (non-hydrogen) atoms. The van der Waals surface area contributed by atoms with Crippen LogP contribution in [0.4, 0.5) is 0 Å². The van der Waals surface area contributed by atoms with Gasteiger partial charge in [-0.3, -0.25) is 14.6 Å². The summed E-state index contributed by atoms with van der Waals surface area (Å²) in [7, 11) is 0. The Morgan fingerprint density at radius 3 is 2.72 bits per heavy atom. The first-order chi connectivity index (χ1) is 17.4. The van der Waals surface area contributed by atoms with Crippen molar-refractivity contribution in [1.29, 1.82) is 0 Å². The molecule has 0 unspecified atom stereocenters. The van der Waals surface area contributed by atoms with E-state index in [0.29, 0.717) is 17.0 Å². The number of benzene rings is 1. The first-order valence-electron chi connectivity index (χ1n) is 11.4. The second-order valence-electron chi connectivity index (χ2n) is 8.32. The maximum atomic E-state index is 12.7. The standard InChI is InChI=1S/C26H27N5O5/c1-3-4-13-36-22-14-18(8-9-21(22)31-12-6-11-28-31)17(2)29-25(34)23(32)24(33)26(35)30-15-19-7-5-10-27-20(19)16-30/h5-12,14,17,23-24,32-33H,13,15-16H2,1-2H3,(H,29,34)/t17-,23-,24-/m1/s1. The third-order valence-electron chi connectivity index (χ3n) is 5.89. The zero-order chi connectivity index (χ0) is 25.7. The minimum atomic E-state index is -1.93. The SMILES string of the molecule is CC#CCOc1cc([C@@H](C)NC(=O)[C@H](O)[C@@H](O)C(=O)N2Cc3cccnc3C2)ccc1-n1cccn1. The Labute approximate surface area is 208 Å². The van der Waals surface area contributed by atoms with Gasteiger partial charge in [0, 0.05) is 25.1 Å². The Balaban J connectivity index is 1.42. The van der Waals surface area contributed by atoms with E-state index in [1.807, 2.05) is 6.07 Å². The molecule has 0 aliphatic carbocycles. The number of carbonyl (C=O) groups excluding carboxylic acids is 2. The fraction of sp³-hybridized carbons (Fsp3) is 0.308. The van der Waals surface area contributed by atoms with Crippen LogP contribution in [0.2, 0.25) is 0 Å². The second kappa shape index (κ2) is 11.0. The Bertz CT molecular complexity index is 1270. The normalized spacial score (nSPS) is 14.7. The molecule has 1 aliphatic heterocycles. The molecule has 1 aromatic carbocycles. The molecule has 3 atom stereocenters. The number of rotatable bonds is 8. The summed E-state index contributed by atoms with van der Waals surface area (Å²) >= 11 is 0. The number of hydrogen-bond donors (Lipinski definition) is 3. The average Bonchev–Trinajstić information content (AvgIpc) is 3.57. The van der Waals surface area contributed by atoms with Crippen LogP contribution in [0.25, 0.3) is 5.69 Å². The van der Waals surface area contributed by atoms with Gasteiger partial charge in [-0.05, 0) is 49.2 Å². The fourth-order valence-electron chi connectivity index (χ4n) is 3.91. The van der Waals surface area contributed by atoms with Crippen LogP contribution < -0.4 is 10.1 Å². The highest BCUT2D eigenvalue weighted by Crippen LogP contribution is 2.27. The molecule has 0 fully saturated rings. The van der Waals surface area contributed by atoms with E-state index < -0.39 is 30.1 Å². The monoisotopic (exact) mass is 489 g/mol. The van der Waals surface area contributed by atoms with Crippen LogP contribution in [0.15, 0.2) is 55.0 Å². The minimum absolute atomic E-state index is 0.178. The first kappa shape index (κ1) is 24.9. The molecule has 2 aromatic heterocycles. The smallest absolute Gasteiger partial charge is 0.255 e. The van der Waals surface area contributed by atoms with Gasteiger partial charge in [-0.25, -0.2) is 4.68 Å². The van der Waals surface area contributed by atoms with Gasteiger partial charge in [0.05, 0.1) is 18.3 Å². The predicted octanol–water partition coefficient (Wildman–Crippen LogP) is 1.11. The molecule has 1 aliphatic rings. The van der Waals surface area contributed by atoms with Crippen molar-refractivity contribution in [2.75, 3.05) is 6.61 Å². The molecule has 0 saturated carbocycles. The number of carbonyl (C=O) groups is 2. The van der Waals surface area contributed by atoms with E-state index in [0.717, 1.165) is 11.3 Å². The molecule has 10 nitrogen and oxygen atoms in total. The Morgan fingerprint density at radius 2 is 2.00 bits per heavy atom. The molecular weight excluding hydrogens is 462 g/mol. The van der Waals surface area contributed by atoms with E-state index in [1.165, 1.54) is 4.90 Å². The van der Waals surface area contributed by atoms with Gasteiger partial charge < -0.3 is 25.2 Å². The van der Waals surface area contributed by atoms with Gasteiger partial charge in [0.2, 0.25) is 0 Å². The van der Waals surface area contributed by atoms with Crippen LogP contribution in [-0.4, -0.2) is 60.5 Å². The number of aliphatic hydroxyl groups is 2. The molecule has 3 heterocycles. The van der Waals surface area contributed by atoms with Gasteiger partial charge in [0.15, 0.2) is 12.2 Å². The van der Waals surface area contributed by atoms with Gasteiger partial charge in [0.25, 0.3) is 11.8 Å². The van der Waals surface area contributed by atoms with Crippen molar-refractivity contribution in [3.63, 3.8) is 0 Å². The molecule has 186 valence electrons. The van der Waals surface area contributed by atoms with Crippen LogP contribution in [0.5, 0.6) is 5.75 Å². The molecule has 0 spiro atoms. The topological polar surface area (TPSA) is 130 Å². The number of fused-ring (bicyclic) bond motifs is 1. The largest absolute Gasteiger partial charge is 0.479 e. The highest BCUT2D eigenvalue weighted by molar-refractivity contribution is 5.91. The van der Waals surface area contributed by atoms with E-state index >= 15 is 0 Å². The number of nitrogens with zero attached hydrogens (tertiary/aromatic N) is 4. The van der Waals surface area contributed by atoms with Crippen molar-refractivity contribution in [3.8, 4) is 23.3 Å². The van der Waals surface area contributed by atoms with Crippen molar-refractivity contribution in [3.05, 3.63) is 71.8 Å². The first-order valence-corrected chi connectivity index (χ1v) is 11.4. The van der Waals surface area contributed by atoms with Crippen molar-refractivity contribution < 1.29 is 24.5 Å². The molecule has 4 rings (SSSR count). The molecular formula is C26H27N5O5. The highest BCUT2D eigenvalue weighted by Gasteiger charge is 2.36. The predicted molar refractivity (Wildman–Crippen MR) is 130 cm³/mol. The Hall–Kier alpha value is -4.20. The average molecular weight is 490 g/mol. The molecule has 0 radical (unpaired) electrons. The van der Waals surface area contributed by atoms with Crippen LogP contribution in [0.3, 0.4) is 0 Å². The van der Waals surface area contributed by atoms with Crippen molar-refractivity contribution in [1.82, 2.24) is 25.0 Å². The number of aromatic nitrogens is 3. The van der Waals surface area contributed by atoms with Gasteiger partial charge in [0.1, 0.15) is 18.0 Å². The summed E-state index contributed by atoms with van der Waals surface area (Å²) in [6.45, 7) is 4.09. The van der Waals surface area contributed by atoms with Crippen LogP contribution in [-0.2, 0) is 22.7 Å². The van der Waals surface area contributed by atoms with Crippen molar-refractivity contribution in [2.24, 2.45) is 0 Å². The number of ether oxygens (including phenoxy) is 1. The van der Waals surface area contributed by atoms with Crippen molar-refractivity contribution in [2.45, 2.75) is 45.2 Å². The summed E-state index contributed by atoms with van der Waals surface area (Å²) < 4.78 is 7.46. The maximum Gasteiger partial charge on any atom is 0.255 e. The number of pyridine rings is 1. The van der Waals surface area contributed by atoms with Gasteiger partial charge in [-0.2, -0.15) is 5.10 Å². The molecule has 3 aromatic rings. The minimum Gasteiger partial charge on any atom is -0.479 e. The van der Waals surface area contributed by atoms with Crippen LogP contribution in [0, 0.1) is 11.8 Å². The summed E-state index contributed by atoms with van der Waals surface area (Å²) in [6, 6.07) is 10.2. The second-order valence-corrected chi connectivity index (χ2v) is 8.32. The van der Waals surface area contributed by atoms with E-state index in [1.54, 1.807) is 67.5 Å². The Kier molecular flexibility index (Phi) is 7.63.